The largest absolute Gasteiger partial charge is 0.478 e. The van der Waals surface area contributed by atoms with Gasteiger partial charge in [0.25, 0.3) is 0 Å². The van der Waals surface area contributed by atoms with Crippen molar-refractivity contribution >= 4 is 18.0 Å². The molecule has 4 amide bonds. The number of hydrogen-bond donors (Lipinski definition) is 3. The number of likely N-dealkylation sites (tertiary alicyclic amines) is 1. The number of piperidine rings is 1. The Labute approximate surface area is 236 Å². The summed E-state index contributed by atoms with van der Waals surface area (Å²) in [4.78, 5) is 46.7. The van der Waals surface area contributed by atoms with Crippen LogP contribution in [0.5, 0.6) is 0 Å². The number of pyridine rings is 1. The number of aromatic nitrogens is 1. The first-order valence-corrected chi connectivity index (χ1v) is 13.7. The highest BCUT2D eigenvalue weighted by Gasteiger charge is 2.44. The minimum Gasteiger partial charge on any atom is -0.478 e. The number of benzene rings is 1. The minimum atomic E-state index is -1.50. The summed E-state index contributed by atoms with van der Waals surface area (Å²) in [5.74, 6) is -3.37. The molecule has 41 heavy (non-hydrogen) atoms. The molecule has 1 aromatic heterocycles. The second kappa shape index (κ2) is 12.3. The zero-order chi connectivity index (χ0) is 29.1. The fourth-order valence-electron chi connectivity index (χ4n) is 6.22. The molecule has 3 N–H and O–H groups in total. The number of nitrogens with one attached hydrogen (secondary N) is 2. The fraction of sp³-hybridized carbons (Fsp3) is 0.448. The van der Waals surface area contributed by atoms with E-state index in [2.05, 4.69) is 26.6 Å². The molecular weight excluding hydrogens is 536 g/mol. The van der Waals surface area contributed by atoms with Gasteiger partial charge in [0.2, 0.25) is 0 Å². The van der Waals surface area contributed by atoms with Gasteiger partial charge in [-0.2, -0.15) is 0 Å². The van der Waals surface area contributed by atoms with Crippen LogP contribution in [0.15, 0.2) is 53.9 Å². The minimum absolute atomic E-state index is 0.0556. The van der Waals surface area contributed by atoms with E-state index >= 15 is 0 Å². The van der Waals surface area contributed by atoms with E-state index in [-0.39, 0.29) is 35.5 Å². The number of nitrogens with zero attached hydrogens (tertiary/aromatic N) is 3. The number of urea groups is 2. The Bertz CT molecular complexity index is 1330. The summed E-state index contributed by atoms with van der Waals surface area (Å²) in [6, 6.07) is 5.61. The van der Waals surface area contributed by atoms with Crippen LogP contribution in [-0.2, 0) is 9.53 Å². The fourth-order valence-corrected chi connectivity index (χ4v) is 6.22. The van der Waals surface area contributed by atoms with E-state index in [1.165, 1.54) is 7.11 Å². The highest BCUT2D eigenvalue weighted by atomic mass is 19.2. The van der Waals surface area contributed by atoms with Crippen LogP contribution in [0.3, 0.4) is 0 Å². The zero-order valence-electron chi connectivity index (χ0n) is 22.7. The molecule has 0 radical (unpaired) electrons. The van der Waals surface area contributed by atoms with Crippen molar-refractivity contribution < 1.29 is 33.0 Å². The Balaban J connectivity index is 1.29. The van der Waals surface area contributed by atoms with Crippen LogP contribution < -0.4 is 10.6 Å². The van der Waals surface area contributed by atoms with Crippen molar-refractivity contribution in [1.29, 1.82) is 0 Å². The highest BCUT2D eigenvalue weighted by Crippen LogP contribution is 2.36. The summed E-state index contributed by atoms with van der Waals surface area (Å²) >= 11 is 0. The van der Waals surface area contributed by atoms with Crippen molar-refractivity contribution in [1.82, 2.24) is 25.4 Å². The molecule has 1 saturated heterocycles. The van der Waals surface area contributed by atoms with E-state index < -0.39 is 35.7 Å². The van der Waals surface area contributed by atoms with Crippen LogP contribution in [0.1, 0.15) is 55.3 Å². The number of hydrogen-bond acceptors (Lipinski definition) is 6. The molecule has 0 unspecified atom stereocenters. The highest BCUT2D eigenvalue weighted by molar-refractivity contribution is 6.01. The van der Waals surface area contributed by atoms with E-state index in [4.69, 9.17) is 4.74 Å². The molecule has 0 spiro atoms. The van der Waals surface area contributed by atoms with Gasteiger partial charge in [0.15, 0.2) is 11.6 Å². The van der Waals surface area contributed by atoms with Crippen LogP contribution in [0.25, 0.3) is 0 Å². The number of carboxylic acid groups (broad SMARTS) is 1. The molecule has 12 heteroatoms. The van der Waals surface area contributed by atoms with E-state index in [9.17, 15) is 28.3 Å². The van der Waals surface area contributed by atoms with Gasteiger partial charge in [-0.25, -0.2) is 28.1 Å². The lowest BCUT2D eigenvalue weighted by Crippen LogP contribution is -2.56. The molecule has 2 fully saturated rings. The molecule has 3 aliphatic rings. The standard InChI is InChI=1S/C29H33F2N5O5/c1-41-16-24-25(27(37)38)26(18-5-8-21(30)22(31)14-18)36(29(40)34-24)28(39)33-19-6-7-20(15-19)35-12-9-17(10-13-35)23-4-2-3-11-32-23/h2-5,8,11,14,17,19-20,26H,6-7,9-10,12-13,15-16H2,1H3,(H,33,39)(H,34,40)(H,37,38)/t19-,20-,26-/m0/s1. The van der Waals surface area contributed by atoms with Gasteiger partial charge >= 0.3 is 18.0 Å². The third kappa shape index (κ3) is 6.08. The summed E-state index contributed by atoms with van der Waals surface area (Å²) in [5, 5.41) is 15.3. The van der Waals surface area contributed by atoms with Crippen molar-refractivity contribution in [3.05, 3.63) is 76.8 Å². The molecule has 0 bridgehead atoms. The average Bonchev–Trinajstić information content (AvgIpc) is 3.43. The van der Waals surface area contributed by atoms with E-state index in [0.717, 1.165) is 61.1 Å². The van der Waals surface area contributed by atoms with Gasteiger partial charge in [0, 0.05) is 37.0 Å². The van der Waals surface area contributed by atoms with E-state index in [1.807, 2.05) is 18.3 Å². The Morgan fingerprint density at radius 3 is 2.56 bits per heavy atom. The zero-order valence-corrected chi connectivity index (χ0v) is 22.7. The third-order valence-electron chi connectivity index (χ3n) is 8.22. The van der Waals surface area contributed by atoms with Crippen molar-refractivity contribution in [3.8, 4) is 0 Å². The van der Waals surface area contributed by atoms with E-state index in [0.29, 0.717) is 18.8 Å². The Hall–Kier alpha value is -3.90. The van der Waals surface area contributed by atoms with Crippen LogP contribution >= 0.6 is 0 Å². The van der Waals surface area contributed by atoms with Crippen LogP contribution in [0.4, 0.5) is 18.4 Å². The van der Waals surface area contributed by atoms with Gasteiger partial charge in [-0.15, -0.1) is 0 Å². The predicted octanol–water partition coefficient (Wildman–Crippen LogP) is 3.92. The van der Waals surface area contributed by atoms with Gasteiger partial charge in [0.1, 0.15) is 6.04 Å². The predicted molar refractivity (Wildman–Crippen MR) is 144 cm³/mol. The Morgan fingerprint density at radius 1 is 1.12 bits per heavy atom. The number of imide groups is 1. The quantitative estimate of drug-likeness (QED) is 0.462. The number of carbonyl (C=O) groups is 3. The Kier molecular flexibility index (Phi) is 8.60. The molecular formula is C29H33F2N5O5. The second-order valence-corrected chi connectivity index (χ2v) is 10.7. The SMILES string of the molecule is COCC1=C(C(=O)O)[C@H](c2ccc(F)c(F)c2)N(C(=O)N[C@H]2CC[C@H](N3CCC(c4ccccn4)CC3)C2)C(=O)N1. The summed E-state index contributed by atoms with van der Waals surface area (Å²) in [7, 11) is 1.32. The number of rotatable bonds is 7. The maximum Gasteiger partial charge on any atom is 0.335 e. The monoisotopic (exact) mass is 569 g/mol. The van der Waals surface area contributed by atoms with Gasteiger partial charge in [-0.1, -0.05) is 12.1 Å². The topological polar surface area (TPSA) is 124 Å². The molecule has 10 nitrogen and oxygen atoms in total. The number of halogens is 2. The van der Waals surface area contributed by atoms with Gasteiger partial charge < -0.3 is 25.4 Å². The van der Waals surface area contributed by atoms with Crippen LogP contribution in [0.2, 0.25) is 0 Å². The number of carboxylic acids is 1. The summed E-state index contributed by atoms with van der Waals surface area (Å²) < 4.78 is 33.0. The van der Waals surface area contributed by atoms with E-state index in [1.54, 1.807) is 0 Å². The third-order valence-corrected chi connectivity index (χ3v) is 8.22. The van der Waals surface area contributed by atoms with Crippen LogP contribution in [-0.4, -0.2) is 76.8 Å². The van der Waals surface area contributed by atoms with Crippen LogP contribution in [0, 0.1) is 11.6 Å². The van der Waals surface area contributed by atoms with Crippen molar-refractivity contribution in [2.24, 2.45) is 0 Å². The molecule has 3 heterocycles. The maximum atomic E-state index is 14.2. The number of ether oxygens (including phenoxy) is 1. The molecule has 218 valence electrons. The number of carbonyl (C=O) groups excluding carboxylic acids is 2. The first-order chi connectivity index (χ1) is 19.8. The molecule has 2 aliphatic heterocycles. The lowest BCUT2D eigenvalue weighted by Gasteiger charge is -2.37. The summed E-state index contributed by atoms with van der Waals surface area (Å²) in [6.45, 7) is 1.59. The van der Waals surface area contributed by atoms with Crippen molar-refractivity contribution in [3.63, 3.8) is 0 Å². The van der Waals surface area contributed by atoms with Crippen molar-refractivity contribution in [2.45, 2.75) is 56.1 Å². The molecule has 5 rings (SSSR count). The molecule has 1 saturated carbocycles. The number of amides is 4. The average molecular weight is 570 g/mol. The first-order valence-electron chi connectivity index (χ1n) is 13.7. The normalized spacial score (nSPS) is 23.9. The Morgan fingerprint density at radius 2 is 1.90 bits per heavy atom. The van der Waals surface area contributed by atoms with Crippen molar-refractivity contribution in [2.75, 3.05) is 26.8 Å². The molecule has 1 aromatic carbocycles. The second-order valence-electron chi connectivity index (χ2n) is 10.7. The molecule has 1 aliphatic carbocycles. The molecule has 3 atom stereocenters. The lowest BCUT2D eigenvalue weighted by atomic mass is 9.92. The summed E-state index contributed by atoms with van der Waals surface area (Å²) in [6.07, 6.45) is 6.07. The molecule has 2 aromatic rings. The first kappa shape index (κ1) is 28.6. The smallest absolute Gasteiger partial charge is 0.335 e. The van der Waals surface area contributed by atoms with Gasteiger partial charge in [-0.05, 0) is 75.0 Å². The van der Waals surface area contributed by atoms with Gasteiger partial charge in [-0.3, -0.25) is 4.98 Å². The lowest BCUT2D eigenvalue weighted by molar-refractivity contribution is -0.133. The summed E-state index contributed by atoms with van der Waals surface area (Å²) in [5.41, 5.74) is 0.619. The van der Waals surface area contributed by atoms with Gasteiger partial charge in [0.05, 0.1) is 17.9 Å². The number of methoxy groups -OCH3 is 1. The maximum absolute atomic E-state index is 14.2. The number of aliphatic carboxylic acids is 1.